The molecule has 0 saturated carbocycles. The van der Waals surface area contributed by atoms with E-state index >= 15 is 0 Å². The monoisotopic (exact) mass is 348 g/mol. The quantitative estimate of drug-likeness (QED) is 0.401. The summed E-state index contributed by atoms with van der Waals surface area (Å²) >= 11 is 3.46. The lowest BCUT2D eigenvalue weighted by Gasteiger charge is -2.03. The second kappa shape index (κ2) is 5.47. The van der Waals surface area contributed by atoms with Crippen LogP contribution in [0.3, 0.4) is 0 Å². The molecule has 22 heavy (non-hydrogen) atoms. The van der Waals surface area contributed by atoms with Crippen LogP contribution < -0.4 is 0 Å². The number of halogens is 1. The smallest absolute Gasteiger partial charge is 0.135 e. The Morgan fingerprint density at radius 3 is 1.91 bits per heavy atom. The van der Waals surface area contributed by atoms with E-state index in [2.05, 4.69) is 76.6 Å². The van der Waals surface area contributed by atoms with Crippen LogP contribution in [0.2, 0.25) is 0 Å². The Kier molecular flexibility index (Phi) is 3.32. The Morgan fingerprint density at radius 2 is 1.23 bits per heavy atom. The predicted molar refractivity (Wildman–Crippen MR) is 94.8 cm³/mol. The molecule has 0 amide bonds. The molecule has 0 fully saturated rings. The Balaban J connectivity index is 1.70. The molecular weight excluding hydrogens is 336 g/mol. The van der Waals surface area contributed by atoms with Crippen LogP contribution in [-0.4, -0.2) is 0 Å². The van der Waals surface area contributed by atoms with E-state index in [1.807, 2.05) is 18.2 Å². The van der Waals surface area contributed by atoms with Crippen molar-refractivity contribution in [2.75, 3.05) is 0 Å². The van der Waals surface area contributed by atoms with Crippen LogP contribution in [0.25, 0.3) is 33.4 Å². The molecule has 0 spiro atoms. The highest BCUT2D eigenvalue weighted by Crippen LogP contribution is 2.29. The highest BCUT2D eigenvalue weighted by Gasteiger charge is 2.06. The van der Waals surface area contributed by atoms with Crippen LogP contribution in [0.4, 0.5) is 0 Å². The fourth-order valence-electron chi connectivity index (χ4n) is 2.59. The fraction of sp³-hybridized carbons (Fsp3) is 0. The fourth-order valence-corrected chi connectivity index (χ4v) is 2.86. The molecule has 0 atom stereocenters. The molecule has 0 aliphatic rings. The number of hydrogen-bond donors (Lipinski definition) is 0. The van der Waals surface area contributed by atoms with Crippen LogP contribution in [-0.2, 0) is 0 Å². The molecule has 1 heterocycles. The van der Waals surface area contributed by atoms with E-state index in [1.165, 1.54) is 11.1 Å². The first-order valence-corrected chi connectivity index (χ1v) is 7.94. The van der Waals surface area contributed by atoms with Crippen LogP contribution in [0, 0.1) is 0 Å². The molecular formula is C20H13BrO. The largest absolute Gasteiger partial charge is 0.456 e. The standard InChI is InChI=1S/C20H13BrO/c21-18-11-9-15(10-12-18)14-5-7-16(8-6-14)20-13-17-3-1-2-4-19(17)22-20/h1-13H. The Bertz CT molecular complexity index is 885. The van der Waals surface area contributed by atoms with Gasteiger partial charge in [0.1, 0.15) is 11.3 Å². The average Bonchev–Trinajstić information content (AvgIpc) is 3.00. The van der Waals surface area contributed by atoms with Gasteiger partial charge in [0.25, 0.3) is 0 Å². The average molecular weight is 349 g/mol. The second-order valence-electron chi connectivity index (χ2n) is 5.23. The summed E-state index contributed by atoms with van der Waals surface area (Å²) in [5.74, 6) is 0.906. The van der Waals surface area contributed by atoms with E-state index < -0.39 is 0 Å². The normalized spacial score (nSPS) is 11.0. The van der Waals surface area contributed by atoms with Gasteiger partial charge in [-0.15, -0.1) is 0 Å². The van der Waals surface area contributed by atoms with Crippen molar-refractivity contribution in [1.29, 1.82) is 0 Å². The summed E-state index contributed by atoms with van der Waals surface area (Å²) in [6.45, 7) is 0. The lowest BCUT2D eigenvalue weighted by atomic mass is 10.0. The Labute approximate surface area is 137 Å². The van der Waals surface area contributed by atoms with Gasteiger partial charge in [-0.2, -0.15) is 0 Å². The zero-order valence-electron chi connectivity index (χ0n) is 11.8. The molecule has 0 aliphatic heterocycles. The van der Waals surface area contributed by atoms with Gasteiger partial charge in [-0.1, -0.05) is 70.5 Å². The summed E-state index contributed by atoms with van der Waals surface area (Å²) in [5.41, 5.74) is 4.43. The molecule has 106 valence electrons. The number of hydrogen-bond acceptors (Lipinski definition) is 1. The molecule has 0 bridgehead atoms. The maximum Gasteiger partial charge on any atom is 0.135 e. The van der Waals surface area contributed by atoms with Gasteiger partial charge in [-0.3, -0.25) is 0 Å². The third kappa shape index (κ3) is 2.46. The summed E-state index contributed by atoms with van der Waals surface area (Å²) in [5, 5.41) is 1.13. The van der Waals surface area contributed by atoms with Gasteiger partial charge in [-0.25, -0.2) is 0 Å². The number of para-hydroxylation sites is 1. The van der Waals surface area contributed by atoms with Crippen molar-refractivity contribution in [3.05, 3.63) is 83.3 Å². The highest BCUT2D eigenvalue weighted by atomic mass is 79.9. The van der Waals surface area contributed by atoms with Gasteiger partial charge in [-0.05, 0) is 35.4 Å². The van der Waals surface area contributed by atoms with Gasteiger partial charge in [0.2, 0.25) is 0 Å². The third-order valence-corrected chi connectivity index (χ3v) is 4.30. The molecule has 2 heteroatoms. The van der Waals surface area contributed by atoms with Crippen molar-refractivity contribution in [2.24, 2.45) is 0 Å². The van der Waals surface area contributed by atoms with E-state index in [4.69, 9.17) is 4.42 Å². The van der Waals surface area contributed by atoms with Gasteiger partial charge < -0.3 is 4.42 Å². The molecule has 4 aromatic rings. The molecule has 0 unspecified atom stereocenters. The van der Waals surface area contributed by atoms with Crippen LogP contribution in [0.5, 0.6) is 0 Å². The first-order chi connectivity index (χ1) is 10.8. The molecule has 0 N–H and O–H groups in total. The summed E-state index contributed by atoms with van der Waals surface area (Å²) in [7, 11) is 0. The highest BCUT2D eigenvalue weighted by molar-refractivity contribution is 9.10. The van der Waals surface area contributed by atoms with Crippen molar-refractivity contribution >= 4 is 26.9 Å². The lowest BCUT2D eigenvalue weighted by molar-refractivity contribution is 0.631. The van der Waals surface area contributed by atoms with Crippen LogP contribution in [0.15, 0.2) is 87.8 Å². The number of furan rings is 1. The first-order valence-electron chi connectivity index (χ1n) is 7.14. The lowest BCUT2D eigenvalue weighted by Crippen LogP contribution is -1.78. The zero-order valence-corrected chi connectivity index (χ0v) is 13.4. The van der Waals surface area contributed by atoms with Crippen LogP contribution in [0.1, 0.15) is 0 Å². The van der Waals surface area contributed by atoms with E-state index in [1.54, 1.807) is 0 Å². The minimum Gasteiger partial charge on any atom is -0.456 e. The van der Waals surface area contributed by atoms with Crippen molar-refractivity contribution in [1.82, 2.24) is 0 Å². The topological polar surface area (TPSA) is 13.1 Å². The number of fused-ring (bicyclic) bond motifs is 1. The molecule has 0 aliphatic carbocycles. The van der Waals surface area contributed by atoms with Gasteiger partial charge >= 0.3 is 0 Å². The van der Waals surface area contributed by atoms with Crippen molar-refractivity contribution < 1.29 is 4.42 Å². The Morgan fingerprint density at radius 1 is 0.636 bits per heavy atom. The van der Waals surface area contributed by atoms with Crippen molar-refractivity contribution in [2.45, 2.75) is 0 Å². The summed E-state index contributed by atoms with van der Waals surface area (Å²) < 4.78 is 7.00. The maximum atomic E-state index is 5.91. The first kappa shape index (κ1) is 13.4. The third-order valence-electron chi connectivity index (χ3n) is 3.77. The molecule has 3 aromatic carbocycles. The minimum absolute atomic E-state index is 0.906. The molecule has 1 nitrogen and oxygen atoms in total. The van der Waals surface area contributed by atoms with E-state index in [-0.39, 0.29) is 0 Å². The second-order valence-corrected chi connectivity index (χ2v) is 6.15. The predicted octanol–water partition coefficient (Wildman–Crippen LogP) is 6.53. The Hall–Kier alpha value is -2.32. The van der Waals surface area contributed by atoms with Crippen LogP contribution >= 0.6 is 15.9 Å². The SMILES string of the molecule is Brc1ccc(-c2ccc(-c3cc4ccccc4o3)cc2)cc1. The summed E-state index contributed by atoms with van der Waals surface area (Å²) in [4.78, 5) is 0. The molecule has 4 rings (SSSR count). The van der Waals surface area contributed by atoms with Crippen molar-refractivity contribution in [3.8, 4) is 22.5 Å². The van der Waals surface area contributed by atoms with Gasteiger partial charge in [0, 0.05) is 15.4 Å². The van der Waals surface area contributed by atoms with Gasteiger partial charge in [0.05, 0.1) is 0 Å². The molecule has 1 aromatic heterocycles. The molecule has 0 radical (unpaired) electrons. The van der Waals surface area contributed by atoms with E-state index in [0.29, 0.717) is 0 Å². The molecule has 0 saturated heterocycles. The van der Waals surface area contributed by atoms with Gasteiger partial charge in [0.15, 0.2) is 0 Å². The number of benzene rings is 3. The summed E-state index contributed by atoms with van der Waals surface area (Å²) in [6, 6.07) is 27.0. The van der Waals surface area contributed by atoms with E-state index in [0.717, 1.165) is 26.8 Å². The van der Waals surface area contributed by atoms with E-state index in [9.17, 15) is 0 Å². The van der Waals surface area contributed by atoms with Crippen molar-refractivity contribution in [3.63, 3.8) is 0 Å². The minimum atomic E-state index is 0.906. The zero-order chi connectivity index (χ0) is 14.9. The maximum absolute atomic E-state index is 5.91. The number of rotatable bonds is 2. The summed E-state index contributed by atoms with van der Waals surface area (Å²) in [6.07, 6.45) is 0.